The molecule has 1 aliphatic rings. The molecule has 1 saturated heterocycles. The molecule has 23 heavy (non-hydrogen) atoms. The van der Waals surface area contributed by atoms with Crippen LogP contribution >= 0.6 is 0 Å². The van der Waals surface area contributed by atoms with E-state index in [0.29, 0.717) is 17.8 Å². The van der Waals surface area contributed by atoms with Gasteiger partial charge in [0.15, 0.2) is 0 Å². The lowest BCUT2D eigenvalue weighted by Crippen LogP contribution is -2.25. The summed E-state index contributed by atoms with van der Waals surface area (Å²) in [6, 6.07) is 15.5. The van der Waals surface area contributed by atoms with Crippen molar-refractivity contribution in [1.29, 1.82) is 0 Å². The van der Waals surface area contributed by atoms with Crippen molar-refractivity contribution in [2.75, 3.05) is 18.8 Å². The van der Waals surface area contributed by atoms with E-state index in [0.717, 1.165) is 6.54 Å². The van der Waals surface area contributed by atoms with Gasteiger partial charge in [0.25, 0.3) is 5.91 Å². The molecule has 0 radical (unpaired) electrons. The van der Waals surface area contributed by atoms with E-state index >= 15 is 0 Å². The van der Waals surface area contributed by atoms with Gasteiger partial charge in [0, 0.05) is 18.8 Å². The van der Waals surface area contributed by atoms with Crippen LogP contribution in [0.5, 0.6) is 0 Å². The normalized spacial score (nSPS) is 14.8. The highest BCUT2D eigenvalue weighted by molar-refractivity contribution is 5.99. The molecule has 2 aromatic carbocycles. The van der Waals surface area contributed by atoms with Gasteiger partial charge >= 0.3 is 0 Å². The molecule has 0 bridgehead atoms. The van der Waals surface area contributed by atoms with Crippen LogP contribution < -0.4 is 11.1 Å². The first-order valence-electron chi connectivity index (χ1n) is 8.16. The van der Waals surface area contributed by atoms with E-state index in [1.807, 2.05) is 18.2 Å². The summed E-state index contributed by atoms with van der Waals surface area (Å²) in [6.07, 6.45) is 2.57. The summed E-state index contributed by atoms with van der Waals surface area (Å²) >= 11 is 0. The van der Waals surface area contributed by atoms with Crippen LogP contribution in [0.3, 0.4) is 0 Å². The lowest BCUT2D eigenvalue weighted by atomic mass is 10.1. The number of nitrogens with zero attached hydrogens (tertiary/aromatic N) is 1. The lowest BCUT2D eigenvalue weighted by molar-refractivity contribution is 0.0951. The highest BCUT2D eigenvalue weighted by Crippen LogP contribution is 2.16. The van der Waals surface area contributed by atoms with Crippen LogP contribution in [0, 0.1) is 0 Å². The van der Waals surface area contributed by atoms with E-state index < -0.39 is 0 Å². The Morgan fingerprint density at radius 2 is 1.65 bits per heavy atom. The molecule has 0 atom stereocenters. The zero-order valence-electron chi connectivity index (χ0n) is 13.3. The Labute approximate surface area is 137 Å². The SMILES string of the molecule is Nc1ccccc1C(=O)NCc1ccccc1CN1CCCC1. The van der Waals surface area contributed by atoms with Gasteiger partial charge in [-0.3, -0.25) is 9.69 Å². The van der Waals surface area contributed by atoms with Crippen LogP contribution in [0.15, 0.2) is 48.5 Å². The number of benzene rings is 2. The molecule has 2 aromatic rings. The molecule has 1 aliphatic heterocycles. The Bertz CT molecular complexity index is 678. The van der Waals surface area contributed by atoms with Gasteiger partial charge < -0.3 is 11.1 Å². The fourth-order valence-electron chi connectivity index (χ4n) is 3.04. The smallest absolute Gasteiger partial charge is 0.253 e. The maximum atomic E-state index is 12.3. The summed E-state index contributed by atoms with van der Waals surface area (Å²) in [7, 11) is 0. The third-order valence-corrected chi connectivity index (χ3v) is 4.36. The standard InChI is InChI=1S/C19H23N3O/c20-18-10-4-3-9-17(18)19(23)21-13-15-7-1-2-8-16(15)14-22-11-5-6-12-22/h1-4,7-10H,5-6,11-14,20H2,(H,21,23). The van der Waals surface area contributed by atoms with Crippen molar-refractivity contribution in [3.05, 3.63) is 65.2 Å². The van der Waals surface area contributed by atoms with Crippen LogP contribution in [0.1, 0.15) is 34.3 Å². The van der Waals surface area contributed by atoms with Crippen molar-refractivity contribution in [3.8, 4) is 0 Å². The molecule has 0 spiro atoms. The predicted molar refractivity (Wildman–Crippen MR) is 93.0 cm³/mol. The number of hydrogen-bond acceptors (Lipinski definition) is 3. The van der Waals surface area contributed by atoms with Crippen LogP contribution in [-0.2, 0) is 13.1 Å². The minimum Gasteiger partial charge on any atom is -0.398 e. The second-order valence-corrected chi connectivity index (χ2v) is 6.02. The average Bonchev–Trinajstić information content (AvgIpc) is 3.07. The van der Waals surface area contributed by atoms with Crippen molar-refractivity contribution >= 4 is 11.6 Å². The summed E-state index contributed by atoms with van der Waals surface area (Å²) in [5.74, 6) is -0.126. The van der Waals surface area contributed by atoms with Crippen LogP contribution in [0.2, 0.25) is 0 Å². The van der Waals surface area contributed by atoms with E-state index in [2.05, 4.69) is 28.4 Å². The topological polar surface area (TPSA) is 58.4 Å². The first-order chi connectivity index (χ1) is 11.2. The summed E-state index contributed by atoms with van der Waals surface area (Å²) in [6.45, 7) is 3.82. The van der Waals surface area contributed by atoms with Crippen molar-refractivity contribution in [1.82, 2.24) is 10.2 Å². The molecule has 0 saturated carbocycles. The molecule has 1 amide bonds. The second-order valence-electron chi connectivity index (χ2n) is 6.02. The van der Waals surface area contributed by atoms with Crippen molar-refractivity contribution in [2.45, 2.75) is 25.9 Å². The van der Waals surface area contributed by atoms with E-state index in [-0.39, 0.29) is 5.91 Å². The number of para-hydroxylation sites is 1. The Kier molecular flexibility index (Phi) is 4.93. The minimum atomic E-state index is -0.126. The van der Waals surface area contributed by atoms with E-state index in [1.54, 1.807) is 12.1 Å². The highest BCUT2D eigenvalue weighted by Gasteiger charge is 2.14. The number of carbonyl (C=O) groups excluding carboxylic acids is 1. The van der Waals surface area contributed by atoms with Crippen LogP contribution in [-0.4, -0.2) is 23.9 Å². The van der Waals surface area contributed by atoms with Crippen LogP contribution in [0.25, 0.3) is 0 Å². The number of nitrogens with one attached hydrogen (secondary N) is 1. The zero-order valence-corrected chi connectivity index (χ0v) is 13.3. The van der Waals surface area contributed by atoms with Crippen molar-refractivity contribution in [2.24, 2.45) is 0 Å². The third kappa shape index (κ3) is 3.90. The first-order valence-corrected chi connectivity index (χ1v) is 8.16. The fraction of sp³-hybridized carbons (Fsp3) is 0.316. The van der Waals surface area contributed by atoms with Gasteiger partial charge in [-0.1, -0.05) is 36.4 Å². The number of nitrogens with two attached hydrogens (primary N) is 1. The number of nitrogen functional groups attached to an aromatic ring is 1. The lowest BCUT2D eigenvalue weighted by Gasteiger charge is -2.18. The Morgan fingerprint density at radius 3 is 2.39 bits per heavy atom. The maximum absolute atomic E-state index is 12.3. The molecule has 0 aliphatic carbocycles. The maximum Gasteiger partial charge on any atom is 0.253 e. The fourth-order valence-corrected chi connectivity index (χ4v) is 3.04. The van der Waals surface area contributed by atoms with Crippen LogP contribution in [0.4, 0.5) is 5.69 Å². The van der Waals surface area contributed by atoms with E-state index in [1.165, 1.54) is 37.1 Å². The van der Waals surface area contributed by atoms with Gasteiger partial charge in [-0.2, -0.15) is 0 Å². The summed E-state index contributed by atoms with van der Waals surface area (Å²) < 4.78 is 0. The molecular formula is C19H23N3O. The zero-order chi connectivity index (χ0) is 16.1. The molecule has 4 heteroatoms. The quantitative estimate of drug-likeness (QED) is 0.835. The molecule has 3 N–H and O–H groups in total. The number of amides is 1. The number of rotatable bonds is 5. The molecule has 120 valence electrons. The van der Waals surface area contributed by atoms with Crippen molar-refractivity contribution < 1.29 is 4.79 Å². The van der Waals surface area contributed by atoms with Gasteiger partial charge in [-0.15, -0.1) is 0 Å². The van der Waals surface area contributed by atoms with Gasteiger partial charge in [0.1, 0.15) is 0 Å². The number of hydrogen-bond donors (Lipinski definition) is 2. The van der Waals surface area contributed by atoms with Gasteiger partial charge in [0.2, 0.25) is 0 Å². The minimum absolute atomic E-state index is 0.126. The van der Waals surface area contributed by atoms with Gasteiger partial charge in [0.05, 0.1) is 5.56 Å². The summed E-state index contributed by atoms with van der Waals surface area (Å²) in [5.41, 5.74) is 9.36. The molecule has 0 aromatic heterocycles. The molecule has 1 heterocycles. The van der Waals surface area contributed by atoms with Gasteiger partial charge in [-0.25, -0.2) is 0 Å². The number of anilines is 1. The van der Waals surface area contributed by atoms with Crippen molar-refractivity contribution in [3.63, 3.8) is 0 Å². The average molecular weight is 309 g/mol. The summed E-state index contributed by atoms with van der Waals surface area (Å²) in [5, 5.41) is 2.98. The monoisotopic (exact) mass is 309 g/mol. The highest BCUT2D eigenvalue weighted by atomic mass is 16.1. The van der Waals surface area contributed by atoms with Gasteiger partial charge in [-0.05, 0) is 49.2 Å². The number of carbonyl (C=O) groups is 1. The number of likely N-dealkylation sites (tertiary alicyclic amines) is 1. The van der Waals surface area contributed by atoms with E-state index in [9.17, 15) is 4.79 Å². The molecule has 1 fully saturated rings. The Balaban J connectivity index is 1.66. The summed E-state index contributed by atoms with van der Waals surface area (Å²) in [4.78, 5) is 14.8. The molecule has 3 rings (SSSR count). The molecule has 4 nitrogen and oxygen atoms in total. The first kappa shape index (κ1) is 15.6. The van der Waals surface area contributed by atoms with E-state index in [4.69, 9.17) is 5.73 Å². The third-order valence-electron chi connectivity index (χ3n) is 4.36. The molecule has 0 unspecified atom stereocenters. The second kappa shape index (κ2) is 7.29. The Hall–Kier alpha value is -2.33. The Morgan fingerprint density at radius 1 is 1.00 bits per heavy atom. The predicted octanol–water partition coefficient (Wildman–Crippen LogP) is 2.79. The largest absolute Gasteiger partial charge is 0.398 e. The molecular weight excluding hydrogens is 286 g/mol.